The Hall–Kier alpha value is -3.54. The maximum atomic E-state index is 13.7. The van der Waals surface area contributed by atoms with Gasteiger partial charge in [0.05, 0.1) is 11.0 Å². The molecule has 0 fully saturated rings. The van der Waals surface area contributed by atoms with Gasteiger partial charge in [-0.2, -0.15) is 0 Å². The maximum Gasteiger partial charge on any atom is 0.265 e. The average Bonchev–Trinajstić information content (AvgIpc) is 3.10. The van der Waals surface area contributed by atoms with E-state index in [1.165, 1.54) is 5.56 Å². The molecule has 2 aromatic carbocycles. The molecule has 1 atom stereocenters. The minimum absolute atomic E-state index is 0.0524. The molecular weight excluding hydrogens is 398 g/mol. The van der Waals surface area contributed by atoms with Gasteiger partial charge < -0.3 is 0 Å². The lowest BCUT2D eigenvalue weighted by atomic mass is 10.0. The van der Waals surface area contributed by atoms with E-state index in [1.807, 2.05) is 42.7 Å². The van der Waals surface area contributed by atoms with Gasteiger partial charge in [-0.1, -0.05) is 45.0 Å². The molecule has 5 aromatic rings. The summed E-state index contributed by atoms with van der Waals surface area (Å²) in [6, 6.07) is 16.2. The summed E-state index contributed by atoms with van der Waals surface area (Å²) in [4.78, 5) is 28.4. The Morgan fingerprint density at radius 2 is 1.53 bits per heavy atom. The molecule has 3 aromatic heterocycles. The molecule has 0 unspecified atom stereocenters. The first kappa shape index (κ1) is 20.4. The van der Waals surface area contributed by atoms with E-state index < -0.39 is 0 Å². The molecule has 0 aliphatic carbocycles. The molecule has 0 amide bonds. The fourth-order valence-electron chi connectivity index (χ4n) is 4.36. The number of benzene rings is 2. The monoisotopic (exact) mass is 425 g/mol. The zero-order chi connectivity index (χ0) is 22.6. The van der Waals surface area contributed by atoms with E-state index in [1.54, 1.807) is 4.57 Å². The quantitative estimate of drug-likeness (QED) is 0.371. The molecule has 3 heterocycles. The highest BCUT2D eigenvalue weighted by atomic mass is 16.1. The SMILES string of the molecule is CC[C@H](C)n1c(C)nc2c(c1=O)c1nc3ccccc3nc1n2-c1ccc(C(C)C)cc1. The Balaban J connectivity index is 1.95. The summed E-state index contributed by atoms with van der Waals surface area (Å²) in [6.07, 6.45) is 0.845. The van der Waals surface area contributed by atoms with Gasteiger partial charge in [0, 0.05) is 11.7 Å². The second-order valence-corrected chi connectivity index (χ2v) is 8.76. The van der Waals surface area contributed by atoms with Crippen LogP contribution in [-0.2, 0) is 0 Å². The van der Waals surface area contributed by atoms with Crippen molar-refractivity contribution in [1.29, 1.82) is 0 Å². The molecule has 0 bridgehead atoms. The van der Waals surface area contributed by atoms with Crippen LogP contribution in [0.3, 0.4) is 0 Å². The highest BCUT2D eigenvalue weighted by molar-refractivity contribution is 6.05. The molecule has 0 radical (unpaired) electrons. The number of hydrogen-bond acceptors (Lipinski definition) is 4. The standard InChI is InChI=1S/C26H27N5O/c1-6-16(4)30-17(5)27-24-22(26(30)32)23-25(29-21-10-8-7-9-20(21)28-23)31(24)19-13-11-18(12-14-19)15(2)3/h7-16H,6H2,1-5H3/t16-/m0/s1. The first-order valence-corrected chi connectivity index (χ1v) is 11.2. The number of nitrogens with zero attached hydrogens (tertiary/aromatic N) is 5. The second-order valence-electron chi connectivity index (χ2n) is 8.76. The number of para-hydroxylation sites is 2. The predicted molar refractivity (Wildman–Crippen MR) is 130 cm³/mol. The summed E-state index contributed by atoms with van der Waals surface area (Å²) in [5.41, 5.74) is 5.54. The van der Waals surface area contributed by atoms with Crippen LogP contribution in [0.4, 0.5) is 0 Å². The van der Waals surface area contributed by atoms with Gasteiger partial charge in [0.25, 0.3) is 5.56 Å². The summed E-state index contributed by atoms with van der Waals surface area (Å²) in [5.74, 6) is 1.14. The Morgan fingerprint density at radius 1 is 0.875 bits per heavy atom. The maximum absolute atomic E-state index is 13.7. The summed E-state index contributed by atoms with van der Waals surface area (Å²) < 4.78 is 3.76. The van der Waals surface area contributed by atoms with Crippen molar-refractivity contribution < 1.29 is 0 Å². The zero-order valence-electron chi connectivity index (χ0n) is 19.1. The fraction of sp³-hybridized carbons (Fsp3) is 0.308. The topological polar surface area (TPSA) is 65.6 Å². The lowest BCUT2D eigenvalue weighted by Gasteiger charge is -2.16. The van der Waals surface area contributed by atoms with E-state index in [0.29, 0.717) is 33.9 Å². The molecule has 6 nitrogen and oxygen atoms in total. The van der Waals surface area contributed by atoms with E-state index in [-0.39, 0.29) is 11.6 Å². The van der Waals surface area contributed by atoms with Crippen LogP contribution in [0.2, 0.25) is 0 Å². The second kappa shape index (κ2) is 7.55. The van der Waals surface area contributed by atoms with Crippen LogP contribution in [0.5, 0.6) is 0 Å². The van der Waals surface area contributed by atoms with Gasteiger partial charge >= 0.3 is 0 Å². The van der Waals surface area contributed by atoms with Crippen LogP contribution in [-0.4, -0.2) is 24.1 Å². The normalized spacial score (nSPS) is 12.9. The molecule has 5 rings (SSSR count). The average molecular weight is 426 g/mol. The highest BCUT2D eigenvalue weighted by Gasteiger charge is 2.23. The minimum Gasteiger partial charge on any atom is -0.293 e. The van der Waals surface area contributed by atoms with Crippen molar-refractivity contribution in [2.24, 2.45) is 0 Å². The van der Waals surface area contributed by atoms with Crippen LogP contribution in [0.1, 0.15) is 57.5 Å². The molecule has 0 N–H and O–H groups in total. The highest BCUT2D eigenvalue weighted by Crippen LogP contribution is 2.30. The number of rotatable bonds is 4. The zero-order valence-corrected chi connectivity index (χ0v) is 19.1. The largest absolute Gasteiger partial charge is 0.293 e. The summed E-state index contributed by atoms with van der Waals surface area (Å²) in [6.45, 7) is 10.4. The van der Waals surface area contributed by atoms with E-state index in [4.69, 9.17) is 15.0 Å². The van der Waals surface area contributed by atoms with Crippen LogP contribution < -0.4 is 5.56 Å². The van der Waals surface area contributed by atoms with Gasteiger partial charge in [-0.05, 0) is 56.0 Å². The van der Waals surface area contributed by atoms with Crippen molar-refractivity contribution in [1.82, 2.24) is 24.1 Å². The van der Waals surface area contributed by atoms with E-state index in [9.17, 15) is 4.79 Å². The van der Waals surface area contributed by atoms with Crippen molar-refractivity contribution in [3.05, 3.63) is 70.3 Å². The third-order valence-corrected chi connectivity index (χ3v) is 6.33. The van der Waals surface area contributed by atoms with Crippen LogP contribution in [0, 0.1) is 6.92 Å². The van der Waals surface area contributed by atoms with Gasteiger partial charge in [-0.15, -0.1) is 0 Å². The van der Waals surface area contributed by atoms with E-state index in [2.05, 4.69) is 45.0 Å². The van der Waals surface area contributed by atoms with Crippen LogP contribution in [0.15, 0.2) is 53.3 Å². The van der Waals surface area contributed by atoms with Gasteiger partial charge in [0.15, 0.2) is 11.3 Å². The Labute approximate surface area is 186 Å². The van der Waals surface area contributed by atoms with Crippen molar-refractivity contribution in [3.8, 4) is 5.69 Å². The molecule has 0 aliphatic heterocycles. The third kappa shape index (κ3) is 3.01. The molecule has 162 valence electrons. The fourth-order valence-corrected chi connectivity index (χ4v) is 4.36. The Morgan fingerprint density at radius 3 is 2.16 bits per heavy atom. The van der Waals surface area contributed by atoms with Gasteiger partial charge in [0.1, 0.15) is 16.7 Å². The number of fused-ring (bicyclic) bond motifs is 4. The lowest BCUT2D eigenvalue weighted by molar-refractivity contribution is 0.497. The predicted octanol–water partition coefficient (Wildman–Crippen LogP) is 5.69. The number of hydrogen-bond donors (Lipinski definition) is 0. The minimum atomic E-state index is -0.0611. The molecule has 6 heteroatoms. The Kier molecular flexibility index (Phi) is 4.81. The van der Waals surface area contributed by atoms with Crippen LogP contribution in [0.25, 0.3) is 38.9 Å². The smallest absolute Gasteiger partial charge is 0.265 e. The lowest BCUT2D eigenvalue weighted by Crippen LogP contribution is -2.26. The van der Waals surface area contributed by atoms with Crippen LogP contribution >= 0.6 is 0 Å². The van der Waals surface area contributed by atoms with Crippen molar-refractivity contribution >= 4 is 33.2 Å². The number of aryl methyl sites for hydroxylation is 1. The first-order valence-electron chi connectivity index (χ1n) is 11.2. The van der Waals surface area contributed by atoms with Crippen molar-refractivity contribution in [3.63, 3.8) is 0 Å². The molecular formula is C26H27N5O. The molecule has 0 saturated heterocycles. The molecule has 0 spiro atoms. The Bertz CT molecular complexity index is 1530. The van der Waals surface area contributed by atoms with E-state index in [0.717, 1.165) is 23.1 Å². The van der Waals surface area contributed by atoms with Gasteiger partial charge in [-0.25, -0.2) is 15.0 Å². The summed E-state index contributed by atoms with van der Waals surface area (Å²) >= 11 is 0. The summed E-state index contributed by atoms with van der Waals surface area (Å²) in [5, 5.41) is 0.525. The first-order chi connectivity index (χ1) is 15.4. The third-order valence-electron chi connectivity index (χ3n) is 6.33. The van der Waals surface area contributed by atoms with Crippen molar-refractivity contribution in [2.45, 2.75) is 53.0 Å². The number of aromatic nitrogens is 5. The van der Waals surface area contributed by atoms with Gasteiger partial charge in [0.2, 0.25) is 0 Å². The van der Waals surface area contributed by atoms with Gasteiger partial charge in [-0.3, -0.25) is 13.9 Å². The van der Waals surface area contributed by atoms with Crippen molar-refractivity contribution in [2.75, 3.05) is 0 Å². The molecule has 0 saturated carbocycles. The molecule has 0 aliphatic rings. The summed E-state index contributed by atoms with van der Waals surface area (Å²) in [7, 11) is 0. The van der Waals surface area contributed by atoms with E-state index >= 15 is 0 Å². The molecule has 32 heavy (non-hydrogen) atoms.